The Kier molecular flexibility index (Phi) is 4.06. The number of hydrogen-bond acceptors (Lipinski definition) is 2. The second kappa shape index (κ2) is 5.13. The number of benzene rings is 1. The first kappa shape index (κ1) is 13.4. The number of alkyl halides is 3. The topological polar surface area (TPSA) is 55.1 Å². The highest BCUT2D eigenvalue weighted by Gasteiger charge is 2.31. The molecule has 1 aromatic rings. The molecule has 0 radical (unpaired) electrons. The molecule has 1 rings (SSSR count). The molecule has 0 saturated carbocycles. The van der Waals surface area contributed by atoms with Gasteiger partial charge in [-0.25, -0.2) is 4.39 Å². The molecule has 0 aliphatic rings. The molecule has 3 N–H and O–H groups in total. The zero-order valence-electron chi connectivity index (χ0n) is 8.64. The van der Waals surface area contributed by atoms with E-state index in [0.717, 1.165) is 0 Å². The van der Waals surface area contributed by atoms with Crippen molar-refractivity contribution in [1.82, 2.24) is 0 Å². The number of anilines is 1. The predicted octanol–water partition coefficient (Wildman–Crippen LogP) is 2.13. The number of carbonyl (C=O) groups is 1. The zero-order chi connectivity index (χ0) is 13.1. The maximum absolute atomic E-state index is 13.1. The third-order valence-corrected chi connectivity index (χ3v) is 1.94. The number of carbonyl (C=O) groups excluding carboxylic acids is 1. The van der Waals surface area contributed by atoms with Gasteiger partial charge in [-0.15, -0.1) is 0 Å². The first-order valence-corrected chi connectivity index (χ1v) is 4.71. The van der Waals surface area contributed by atoms with Crippen LogP contribution in [0.3, 0.4) is 0 Å². The molecule has 1 aromatic carbocycles. The molecule has 0 aromatic heterocycles. The summed E-state index contributed by atoms with van der Waals surface area (Å²) in [6, 6.07) is 1.80. The van der Waals surface area contributed by atoms with Gasteiger partial charge >= 0.3 is 6.18 Å². The molecule has 0 aliphatic heterocycles. The van der Waals surface area contributed by atoms with Gasteiger partial charge in [-0.1, -0.05) is 0 Å². The summed E-state index contributed by atoms with van der Waals surface area (Å²) in [6.45, 7) is 0.0341. The van der Waals surface area contributed by atoms with Crippen molar-refractivity contribution in [3.63, 3.8) is 0 Å². The minimum atomic E-state index is -4.58. The summed E-state index contributed by atoms with van der Waals surface area (Å²) >= 11 is 0. The molecule has 1 amide bonds. The molecule has 0 unspecified atom stereocenters. The number of hydrogen-bond donors (Lipinski definition) is 2. The Morgan fingerprint density at radius 3 is 2.53 bits per heavy atom. The van der Waals surface area contributed by atoms with Crippen LogP contribution in [-0.2, 0) is 11.0 Å². The van der Waals surface area contributed by atoms with Crippen molar-refractivity contribution in [2.24, 2.45) is 5.73 Å². The van der Waals surface area contributed by atoms with E-state index in [-0.39, 0.29) is 13.0 Å². The molecule has 7 heteroatoms. The Morgan fingerprint density at radius 2 is 2.00 bits per heavy atom. The molecular weight excluding hydrogens is 240 g/mol. The fourth-order valence-corrected chi connectivity index (χ4v) is 1.14. The zero-order valence-corrected chi connectivity index (χ0v) is 8.64. The summed E-state index contributed by atoms with van der Waals surface area (Å²) < 4.78 is 50.1. The highest BCUT2D eigenvalue weighted by atomic mass is 19.4. The summed E-state index contributed by atoms with van der Waals surface area (Å²) in [6.07, 6.45) is -4.67. The van der Waals surface area contributed by atoms with Gasteiger partial charge in [0, 0.05) is 13.0 Å². The molecule has 0 saturated heterocycles. The monoisotopic (exact) mass is 250 g/mol. The largest absolute Gasteiger partial charge is 0.416 e. The highest BCUT2D eigenvalue weighted by molar-refractivity contribution is 5.91. The van der Waals surface area contributed by atoms with Crippen molar-refractivity contribution in [3.8, 4) is 0 Å². The number of amides is 1. The SMILES string of the molecule is NCCC(=O)Nc1cc(C(F)(F)F)ccc1F. The number of nitrogens with one attached hydrogen (secondary N) is 1. The third kappa shape index (κ3) is 3.70. The molecule has 0 fully saturated rings. The quantitative estimate of drug-likeness (QED) is 0.807. The molecule has 0 spiro atoms. The molecule has 0 heterocycles. The van der Waals surface area contributed by atoms with Gasteiger partial charge in [-0.05, 0) is 18.2 Å². The molecule has 0 bridgehead atoms. The summed E-state index contributed by atoms with van der Waals surface area (Å²) in [4.78, 5) is 11.1. The van der Waals surface area contributed by atoms with Gasteiger partial charge < -0.3 is 11.1 Å². The van der Waals surface area contributed by atoms with E-state index in [4.69, 9.17) is 5.73 Å². The standard InChI is InChI=1S/C10H10F4N2O/c11-7-2-1-6(10(12,13)14)5-8(7)16-9(17)3-4-15/h1-2,5H,3-4,15H2,(H,16,17). The lowest BCUT2D eigenvalue weighted by molar-refractivity contribution is -0.137. The van der Waals surface area contributed by atoms with Crippen LogP contribution in [0.4, 0.5) is 23.2 Å². The van der Waals surface area contributed by atoms with Crippen molar-refractivity contribution in [3.05, 3.63) is 29.6 Å². The fraction of sp³-hybridized carbons (Fsp3) is 0.300. The van der Waals surface area contributed by atoms with Crippen LogP contribution in [0.1, 0.15) is 12.0 Å². The molecule has 94 valence electrons. The lowest BCUT2D eigenvalue weighted by atomic mass is 10.2. The van der Waals surface area contributed by atoms with E-state index in [1.807, 2.05) is 5.32 Å². The van der Waals surface area contributed by atoms with Crippen LogP contribution >= 0.6 is 0 Å². The third-order valence-electron chi connectivity index (χ3n) is 1.94. The van der Waals surface area contributed by atoms with Gasteiger partial charge in [-0.2, -0.15) is 13.2 Å². The van der Waals surface area contributed by atoms with Crippen LogP contribution < -0.4 is 11.1 Å². The van der Waals surface area contributed by atoms with E-state index in [9.17, 15) is 22.4 Å². The first-order valence-electron chi connectivity index (χ1n) is 4.71. The predicted molar refractivity (Wildman–Crippen MR) is 53.7 cm³/mol. The van der Waals surface area contributed by atoms with Crippen molar-refractivity contribution in [2.45, 2.75) is 12.6 Å². The van der Waals surface area contributed by atoms with Gasteiger partial charge in [-0.3, -0.25) is 4.79 Å². The normalized spacial score (nSPS) is 11.4. The van der Waals surface area contributed by atoms with Gasteiger partial charge in [0.25, 0.3) is 0 Å². The lowest BCUT2D eigenvalue weighted by Crippen LogP contribution is -2.17. The van der Waals surface area contributed by atoms with Gasteiger partial charge in [0.2, 0.25) is 5.91 Å². The molecule has 0 atom stereocenters. The van der Waals surface area contributed by atoms with E-state index in [2.05, 4.69) is 0 Å². The summed E-state index contributed by atoms with van der Waals surface area (Å²) in [5.74, 6) is -1.56. The lowest BCUT2D eigenvalue weighted by Gasteiger charge is -2.10. The molecular formula is C10H10F4N2O. The first-order chi connectivity index (χ1) is 7.84. The second-order valence-electron chi connectivity index (χ2n) is 3.28. The summed E-state index contributed by atoms with van der Waals surface area (Å²) in [5.41, 5.74) is 3.56. The van der Waals surface area contributed by atoms with Gasteiger partial charge in [0.05, 0.1) is 11.3 Å². The Bertz CT molecular complexity index is 417. The second-order valence-corrected chi connectivity index (χ2v) is 3.28. The maximum atomic E-state index is 13.1. The summed E-state index contributed by atoms with van der Waals surface area (Å²) in [7, 11) is 0. The minimum absolute atomic E-state index is 0.0341. The fourth-order valence-electron chi connectivity index (χ4n) is 1.14. The summed E-state index contributed by atoms with van der Waals surface area (Å²) in [5, 5.41) is 2.03. The molecule has 3 nitrogen and oxygen atoms in total. The smallest absolute Gasteiger partial charge is 0.330 e. The van der Waals surface area contributed by atoms with E-state index in [1.165, 1.54) is 0 Å². The number of rotatable bonds is 3. The van der Waals surface area contributed by atoms with Crippen LogP contribution in [0.2, 0.25) is 0 Å². The van der Waals surface area contributed by atoms with Gasteiger partial charge in [0.1, 0.15) is 5.82 Å². The van der Waals surface area contributed by atoms with Crippen LogP contribution in [-0.4, -0.2) is 12.5 Å². The van der Waals surface area contributed by atoms with Crippen LogP contribution in [0.25, 0.3) is 0 Å². The number of nitrogens with two attached hydrogens (primary N) is 1. The van der Waals surface area contributed by atoms with E-state index in [1.54, 1.807) is 0 Å². The van der Waals surface area contributed by atoms with Gasteiger partial charge in [0.15, 0.2) is 0 Å². The average Bonchev–Trinajstić information content (AvgIpc) is 2.20. The van der Waals surface area contributed by atoms with Crippen molar-refractivity contribution in [2.75, 3.05) is 11.9 Å². The van der Waals surface area contributed by atoms with Crippen LogP contribution in [0, 0.1) is 5.82 Å². The molecule has 0 aliphatic carbocycles. The van der Waals surface area contributed by atoms with E-state index < -0.39 is 29.2 Å². The Balaban J connectivity index is 2.95. The number of halogens is 4. The highest BCUT2D eigenvalue weighted by Crippen LogP contribution is 2.31. The van der Waals surface area contributed by atoms with Crippen molar-refractivity contribution >= 4 is 11.6 Å². The minimum Gasteiger partial charge on any atom is -0.330 e. The molecule has 17 heavy (non-hydrogen) atoms. The van der Waals surface area contributed by atoms with Crippen molar-refractivity contribution in [1.29, 1.82) is 0 Å². The van der Waals surface area contributed by atoms with E-state index >= 15 is 0 Å². The Labute approximate surface area is 94.6 Å². The van der Waals surface area contributed by atoms with Crippen LogP contribution in [0.5, 0.6) is 0 Å². The van der Waals surface area contributed by atoms with Crippen molar-refractivity contribution < 1.29 is 22.4 Å². The maximum Gasteiger partial charge on any atom is 0.416 e. The Morgan fingerprint density at radius 1 is 1.35 bits per heavy atom. The average molecular weight is 250 g/mol. The van der Waals surface area contributed by atoms with Crippen LogP contribution in [0.15, 0.2) is 18.2 Å². The Hall–Kier alpha value is -1.63. The van der Waals surface area contributed by atoms with E-state index in [0.29, 0.717) is 18.2 Å².